The normalized spacial score (nSPS) is 10.0. The highest BCUT2D eigenvalue weighted by Gasteiger charge is 2.18. The summed E-state index contributed by atoms with van der Waals surface area (Å²) >= 11 is 1.19. The van der Waals surface area contributed by atoms with Crippen molar-refractivity contribution in [3.05, 3.63) is 41.8 Å². The number of carbonyl (C=O) groups is 2. The van der Waals surface area contributed by atoms with Crippen LogP contribution < -0.4 is 10.1 Å². The topological polar surface area (TPSA) is 95.9 Å². The first-order valence-corrected chi connectivity index (χ1v) is 6.94. The number of methoxy groups -OCH3 is 1. The van der Waals surface area contributed by atoms with Gasteiger partial charge in [0.05, 0.1) is 17.7 Å². The highest BCUT2D eigenvalue weighted by molar-refractivity contribution is 7.17. The van der Waals surface area contributed by atoms with Crippen LogP contribution in [0.2, 0.25) is 0 Å². The van der Waals surface area contributed by atoms with Crippen LogP contribution in [0, 0.1) is 0 Å². The van der Waals surface area contributed by atoms with E-state index in [2.05, 4.69) is 11.9 Å². The van der Waals surface area contributed by atoms with Crippen molar-refractivity contribution in [2.24, 2.45) is 0 Å². The number of aliphatic hydroxyl groups excluding tert-OH is 1. The molecule has 1 aromatic carbocycles. The molecular weight excluding hydrogens is 306 g/mol. The van der Waals surface area contributed by atoms with Gasteiger partial charge in [-0.25, -0.2) is 4.79 Å². The molecule has 1 aromatic heterocycles. The van der Waals surface area contributed by atoms with Gasteiger partial charge in [0.2, 0.25) is 0 Å². The number of ether oxygens (including phenoxy) is 1. The lowest BCUT2D eigenvalue weighted by Crippen LogP contribution is -2.21. The number of carbonyl (C=O) groups excluding carboxylic acids is 1. The van der Waals surface area contributed by atoms with Crippen molar-refractivity contribution >= 4 is 34.7 Å². The van der Waals surface area contributed by atoms with Gasteiger partial charge in [0, 0.05) is 4.88 Å². The fourth-order valence-corrected chi connectivity index (χ4v) is 2.76. The third kappa shape index (κ3) is 3.26. The molecule has 0 aliphatic carbocycles. The molecule has 0 saturated heterocycles. The van der Waals surface area contributed by atoms with Crippen LogP contribution in [0.3, 0.4) is 0 Å². The fourth-order valence-electron chi connectivity index (χ4n) is 1.77. The molecule has 7 heteroatoms. The molecule has 22 heavy (non-hydrogen) atoms. The SMILES string of the molecule is C=C(O)c1sc(-c2ccc(OC)cc2)cc1NC(=O)C(=O)O. The van der Waals surface area contributed by atoms with Gasteiger partial charge in [-0.1, -0.05) is 6.58 Å². The van der Waals surface area contributed by atoms with Crippen LogP contribution in [0.5, 0.6) is 5.75 Å². The molecule has 0 aliphatic heterocycles. The van der Waals surface area contributed by atoms with Gasteiger partial charge >= 0.3 is 11.9 Å². The zero-order valence-electron chi connectivity index (χ0n) is 11.6. The minimum Gasteiger partial charge on any atom is -0.507 e. The van der Waals surface area contributed by atoms with Crippen LogP contribution >= 0.6 is 11.3 Å². The van der Waals surface area contributed by atoms with E-state index in [0.29, 0.717) is 10.6 Å². The summed E-state index contributed by atoms with van der Waals surface area (Å²) in [7, 11) is 1.56. The largest absolute Gasteiger partial charge is 0.507 e. The maximum Gasteiger partial charge on any atom is 0.394 e. The summed E-state index contributed by atoms with van der Waals surface area (Å²) in [5.41, 5.74) is 1.04. The second kappa shape index (κ2) is 6.31. The molecular formula is C15H13NO5S. The number of carboxylic acid groups (broad SMARTS) is 1. The molecule has 0 fully saturated rings. The maximum atomic E-state index is 11.3. The highest BCUT2D eigenvalue weighted by atomic mass is 32.1. The Morgan fingerprint density at radius 3 is 2.36 bits per heavy atom. The van der Waals surface area contributed by atoms with E-state index in [1.807, 2.05) is 12.1 Å². The van der Waals surface area contributed by atoms with Gasteiger partial charge in [-0.3, -0.25) is 4.79 Å². The van der Waals surface area contributed by atoms with Gasteiger partial charge < -0.3 is 20.3 Å². The number of anilines is 1. The Kier molecular flexibility index (Phi) is 4.47. The van der Waals surface area contributed by atoms with Crippen LogP contribution in [0.1, 0.15) is 4.88 Å². The van der Waals surface area contributed by atoms with Crippen molar-refractivity contribution in [3.63, 3.8) is 0 Å². The van der Waals surface area contributed by atoms with Gasteiger partial charge in [0.1, 0.15) is 11.5 Å². The molecule has 1 heterocycles. The number of hydrogen-bond acceptors (Lipinski definition) is 5. The predicted molar refractivity (Wildman–Crippen MR) is 84.2 cm³/mol. The van der Waals surface area contributed by atoms with Gasteiger partial charge in [-0.15, -0.1) is 11.3 Å². The Hall–Kier alpha value is -2.80. The third-order valence-corrected chi connectivity index (χ3v) is 4.04. The predicted octanol–water partition coefficient (Wildman–Crippen LogP) is 2.98. The molecule has 2 rings (SSSR count). The first kappa shape index (κ1) is 15.6. The van der Waals surface area contributed by atoms with Crippen LogP contribution in [0.4, 0.5) is 5.69 Å². The minimum absolute atomic E-state index is 0.204. The number of aliphatic carboxylic acids is 1. The number of carboxylic acids is 1. The molecule has 0 bridgehead atoms. The smallest absolute Gasteiger partial charge is 0.394 e. The molecule has 1 amide bonds. The molecule has 0 saturated carbocycles. The van der Waals surface area contributed by atoms with E-state index in [0.717, 1.165) is 10.4 Å². The summed E-state index contributed by atoms with van der Waals surface area (Å²) in [6, 6.07) is 8.77. The molecule has 0 atom stereocenters. The number of benzene rings is 1. The molecule has 2 aromatic rings. The Bertz CT molecular complexity index is 733. The molecule has 0 aliphatic rings. The number of amides is 1. The van der Waals surface area contributed by atoms with Crippen molar-refractivity contribution in [2.45, 2.75) is 0 Å². The number of rotatable bonds is 4. The zero-order chi connectivity index (χ0) is 16.3. The standard InChI is InChI=1S/C15H13NO5S/c1-8(17)13-11(16-14(18)15(19)20)7-12(22-13)9-3-5-10(21-2)6-4-9/h3-7,17H,1H2,2H3,(H,16,18)(H,19,20). The molecule has 3 N–H and O–H groups in total. The summed E-state index contributed by atoms with van der Waals surface area (Å²) in [6.07, 6.45) is 0. The maximum absolute atomic E-state index is 11.3. The Morgan fingerprint density at radius 2 is 1.86 bits per heavy atom. The second-order valence-corrected chi connectivity index (χ2v) is 5.34. The monoisotopic (exact) mass is 319 g/mol. The van der Waals surface area contributed by atoms with Crippen molar-refractivity contribution in [1.29, 1.82) is 0 Å². The minimum atomic E-state index is -1.60. The van der Waals surface area contributed by atoms with E-state index in [1.165, 1.54) is 11.3 Å². The van der Waals surface area contributed by atoms with Gasteiger partial charge in [0.25, 0.3) is 0 Å². The van der Waals surface area contributed by atoms with Crippen LogP contribution in [0.15, 0.2) is 36.9 Å². The lowest BCUT2D eigenvalue weighted by Gasteiger charge is -2.01. The Labute approximate surface area is 130 Å². The summed E-state index contributed by atoms with van der Waals surface area (Å²) in [4.78, 5) is 23.0. The average Bonchev–Trinajstić information content (AvgIpc) is 2.91. The lowest BCUT2D eigenvalue weighted by molar-refractivity contribution is -0.147. The second-order valence-electron chi connectivity index (χ2n) is 4.29. The van der Waals surface area contributed by atoms with E-state index in [1.54, 1.807) is 25.3 Å². The van der Waals surface area contributed by atoms with E-state index in [-0.39, 0.29) is 11.4 Å². The first-order chi connectivity index (χ1) is 10.4. The number of aliphatic hydroxyl groups is 1. The van der Waals surface area contributed by atoms with E-state index in [4.69, 9.17) is 9.84 Å². The number of hydrogen-bond donors (Lipinski definition) is 3. The van der Waals surface area contributed by atoms with Crippen molar-refractivity contribution in [1.82, 2.24) is 0 Å². The summed E-state index contributed by atoms with van der Waals surface area (Å²) in [5, 5.41) is 20.5. The Morgan fingerprint density at radius 1 is 1.23 bits per heavy atom. The number of thiophene rings is 1. The summed E-state index contributed by atoms with van der Waals surface area (Å²) < 4.78 is 5.08. The fraction of sp³-hybridized carbons (Fsp3) is 0.0667. The zero-order valence-corrected chi connectivity index (χ0v) is 12.4. The third-order valence-electron chi connectivity index (χ3n) is 2.81. The van der Waals surface area contributed by atoms with Gasteiger partial charge in [-0.2, -0.15) is 0 Å². The van der Waals surface area contributed by atoms with E-state index in [9.17, 15) is 14.7 Å². The lowest BCUT2D eigenvalue weighted by atomic mass is 10.2. The van der Waals surface area contributed by atoms with Crippen LogP contribution in [-0.4, -0.2) is 29.2 Å². The van der Waals surface area contributed by atoms with Crippen LogP contribution in [-0.2, 0) is 9.59 Å². The first-order valence-electron chi connectivity index (χ1n) is 6.13. The molecule has 0 spiro atoms. The van der Waals surface area contributed by atoms with E-state index >= 15 is 0 Å². The van der Waals surface area contributed by atoms with Gasteiger partial charge in [0.15, 0.2) is 0 Å². The van der Waals surface area contributed by atoms with Crippen molar-refractivity contribution in [2.75, 3.05) is 12.4 Å². The molecule has 0 radical (unpaired) electrons. The molecule has 6 nitrogen and oxygen atoms in total. The van der Waals surface area contributed by atoms with Crippen molar-refractivity contribution in [3.8, 4) is 16.2 Å². The quantitative estimate of drug-likeness (QED) is 0.595. The van der Waals surface area contributed by atoms with Gasteiger partial charge in [-0.05, 0) is 35.9 Å². The van der Waals surface area contributed by atoms with Crippen LogP contribution in [0.25, 0.3) is 16.2 Å². The van der Waals surface area contributed by atoms with Crippen molar-refractivity contribution < 1.29 is 24.5 Å². The summed E-state index contributed by atoms with van der Waals surface area (Å²) in [5.74, 6) is -2.33. The number of nitrogens with one attached hydrogen (secondary N) is 1. The highest BCUT2D eigenvalue weighted by Crippen LogP contribution is 2.38. The van der Waals surface area contributed by atoms with E-state index < -0.39 is 11.9 Å². The average molecular weight is 319 g/mol. The molecule has 114 valence electrons. The Balaban J connectivity index is 2.39. The molecule has 0 unspecified atom stereocenters. The summed E-state index contributed by atoms with van der Waals surface area (Å²) in [6.45, 7) is 3.42.